The second-order valence-corrected chi connectivity index (χ2v) is 11.7. The van der Waals surface area contributed by atoms with E-state index < -0.39 is 10.0 Å². The highest BCUT2D eigenvalue weighted by molar-refractivity contribution is 7.92. The van der Waals surface area contributed by atoms with E-state index in [1.165, 1.54) is 101 Å². The minimum atomic E-state index is -3.80. The first-order valence-corrected chi connectivity index (χ1v) is 15.9. The Morgan fingerprint density at radius 1 is 0.763 bits per heavy atom. The van der Waals surface area contributed by atoms with Crippen LogP contribution in [0.3, 0.4) is 0 Å². The molecule has 2 N–H and O–H groups in total. The van der Waals surface area contributed by atoms with Crippen LogP contribution in [0.4, 0.5) is 11.4 Å². The SMILES string of the molecule is CCCCCCCCCCCCCCCCCC(=O)Nc1ccc(NS(=O)(=O)c2ccccc2)c(C#N)c1. The van der Waals surface area contributed by atoms with Crippen LogP contribution >= 0.6 is 0 Å². The van der Waals surface area contributed by atoms with Crippen molar-refractivity contribution >= 4 is 27.3 Å². The molecule has 2 rings (SSSR count). The van der Waals surface area contributed by atoms with Gasteiger partial charge < -0.3 is 5.32 Å². The molecule has 0 bridgehead atoms. The van der Waals surface area contributed by atoms with E-state index in [-0.39, 0.29) is 22.1 Å². The van der Waals surface area contributed by atoms with Crippen molar-refractivity contribution in [3.8, 4) is 6.07 Å². The first-order chi connectivity index (χ1) is 18.5. The molecule has 208 valence electrons. The molecule has 2 aromatic rings. The fraction of sp³-hybridized carbons (Fsp3) is 0.548. The molecule has 0 aliphatic rings. The number of unbranched alkanes of at least 4 members (excludes halogenated alkanes) is 14. The number of rotatable bonds is 20. The predicted octanol–water partition coefficient (Wildman–Crippen LogP) is 8.56. The van der Waals surface area contributed by atoms with Gasteiger partial charge >= 0.3 is 0 Å². The van der Waals surface area contributed by atoms with Gasteiger partial charge in [-0.2, -0.15) is 5.26 Å². The van der Waals surface area contributed by atoms with Gasteiger partial charge in [0.05, 0.1) is 16.1 Å². The maximum absolute atomic E-state index is 12.6. The van der Waals surface area contributed by atoms with Gasteiger partial charge in [0, 0.05) is 12.1 Å². The van der Waals surface area contributed by atoms with E-state index in [4.69, 9.17) is 0 Å². The van der Waals surface area contributed by atoms with Gasteiger partial charge in [0.2, 0.25) is 5.91 Å². The van der Waals surface area contributed by atoms with Crippen LogP contribution in [-0.4, -0.2) is 14.3 Å². The standard InChI is InChI=1S/C31H45N3O3S/c1-2-3-4-5-6-7-8-9-10-11-12-13-14-15-19-22-31(35)33-28-23-24-30(27(25-28)26-32)34-38(36,37)29-20-17-16-18-21-29/h16-18,20-21,23-25,34H,2-15,19,22H2,1H3,(H,33,35). The van der Waals surface area contributed by atoms with Crippen LogP contribution in [0.2, 0.25) is 0 Å². The van der Waals surface area contributed by atoms with Gasteiger partial charge in [0.15, 0.2) is 0 Å². The molecule has 1 amide bonds. The minimum absolute atomic E-state index is 0.0961. The second-order valence-electron chi connectivity index (χ2n) is 10.0. The van der Waals surface area contributed by atoms with Crippen molar-refractivity contribution in [1.82, 2.24) is 0 Å². The third-order valence-corrected chi connectivity index (χ3v) is 8.11. The summed E-state index contributed by atoms with van der Waals surface area (Å²) >= 11 is 0. The minimum Gasteiger partial charge on any atom is -0.326 e. The second kappa shape index (κ2) is 18.4. The molecular weight excluding hydrogens is 494 g/mol. The lowest BCUT2D eigenvalue weighted by atomic mass is 10.0. The number of sulfonamides is 1. The summed E-state index contributed by atoms with van der Waals surface area (Å²) in [5.74, 6) is -0.0961. The Balaban J connectivity index is 1.59. The van der Waals surface area contributed by atoms with E-state index >= 15 is 0 Å². The number of nitriles is 1. The highest BCUT2D eigenvalue weighted by Crippen LogP contribution is 2.23. The van der Waals surface area contributed by atoms with Gasteiger partial charge in [-0.1, -0.05) is 115 Å². The van der Waals surface area contributed by atoms with E-state index in [0.717, 1.165) is 19.3 Å². The van der Waals surface area contributed by atoms with E-state index in [0.29, 0.717) is 12.1 Å². The first-order valence-electron chi connectivity index (χ1n) is 14.4. The summed E-state index contributed by atoms with van der Waals surface area (Å²) in [4.78, 5) is 12.5. The summed E-state index contributed by atoms with van der Waals surface area (Å²) in [5, 5.41) is 12.3. The molecule has 0 unspecified atom stereocenters. The third kappa shape index (κ3) is 12.6. The molecule has 0 aliphatic carbocycles. The number of nitrogens with zero attached hydrogens (tertiary/aromatic N) is 1. The summed E-state index contributed by atoms with van der Waals surface area (Å²) in [6.07, 6.45) is 19.6. The summed E-state index contributed by atoms with van der Waals surface area (Å²) in [6.45, 7) is 2.26. The largest absolute Gasteiger partial charge is 0.326 e. The normalized spacial score (nSPS) is 11.2. The van der Waals surface area contributed by atoms with Crippen molar-refractivity contribution < 1.29 is 13.2 Å². The third-order valence-electron chi connectivity index (χ3n) is 6.73. The zero-order valence-electron chi connectivity index (χ0n) is 23.0. The lowest BCUT2D eigenvalue weighted by molar-refractivity contribution is -0.116. The van der Waals surface area contributed by atoms with Crippen LogP contribution in [0.5, 0.6) is 0 Å². The number of nitrogens with one attached hydrogen (secondary N) is 2. The average molecular weight is 540 g/mol. The van der Waals surface area contributed by atoms with Gasteiger partial charge in [-0.15, -0.1) is 0 Å². The molecule has 2 aromatic carbocycles. The van der Waals surface area contributed by atoms with Crippen LogP contribution in [-0.2, 0) is 14.8 Å². The average Bonchev–Trinajstić information content (AvgIpc) is 2.92. The van der Waals surface area contributed by atoms with E-state index in [1.807, 2.05) is 6.07 Å². The maximum atomic E-state index is 12.6. The quantitative estimate of drug-likeness (QED) is 0.165. The van der Waals surface area contributed by atoms with Crippen molar-refractivity contribution in [2.24, 2.45) is 0 Å². The maximum Gasteiger partial charge on any atom is 0.261 e. The van der Waals surface area contributed by atoms with Gasteiger partial charge in [-0.25, -0.2) is 8.42 Å². The predicted molar refractivity (Wildman–Crippen MR) is 157 cm³/mol. The summed E-state index contributed by atoms with van der Waals surface area (Å²) in [5.41, 5.74) is 0.807. The van der Waals surface area contributed by atoms with Crippen LogP contribution < -0.4 is 10.0 Å². The van der Waals surface area contributed by atoms with Gasteiger partial charge in [0.25, 0.3) is 10.0 Å². The smallest absolute Gasteiger partial charge is 0.261 e. The number of benzene rings is 2. The number of amides is 1. The Hall–Kier alpha value is -2.85. The Labute approximate surface area is 230 Å². The highest BCUT2D eigenvalue weighted by Gasteiger charge is 2.16. The summed E-state index contributed by atoms with van der Waals surface area (Å²) in [7, 11) is -3.80. The molecule has 0 radical (unpaired) electrons. The van der Waals surface area contributed by atoms with E-state index in [9.17, 15) is 18.5 Å². The molecule has 0 aliphatic heterocycles. The zero-order chi connectivity index (χ0) is 27.5. The van der Waals surface area contributed by atoms with E-state index in [1.54, 1.807) is 24.3 Å². The molecule has 0 aromatic heterocycles. The number of carbonyl (C=O) groups is 1. The van der Waals surface area contributed by atoms with Gasteiger partial charge in [-0.3, -0.25) is 9.52 Å². The van der Waals surface area contributed by atoms with Crippen LogP contribution in [0.15, 0.2) is 53.4 Å². The first kappa shape index (κ1) is 31.4. The number of anilines is 2. The molecule has 0 spiro atoms. The van der Waals surface area contributed by atoms with E-state index in [2.05, 4.69) is 17.0 Å². The molecular formula is C31H45N3O3S. The van der Waals surface area contributed by atoms with Crippen LogP contribution in [0.25, 0.3) is 0 Å². The Morgan fingerprint density at radius 3 is 1.82 bits per heavy atom. The lowest BCUT2D eigenvalue weighted by Gasteiger charge is -2.11. The van der Waals surface area contributed by atoms with Crippen molar-refractivity contribution in [3.63, 3.8) is 0 Å². The monoisotopic (exact) mass is 539 g/mol. The van der Waals surface area contributed by atoms with Crippen molar-refractivity contribution in [1.29, 1.82) is 5.26 Å². The molecule has 0 fully saturated rings. The van der Waals surface area contributed by atoms with Gasteiger partial charge in [-0.05, 0) is 36.8 Å². The van der Waals surface area contributed by atoms with Crippen molar-refractivity contribution in [3.05, 3.63) is 54.1 Å². The van der Waals surface area contributed by atoms with Crippen LogP contribution in [0.1, 0.15) is 115 Å². The van der Waals surface area contributed by atoms with Crippen molar-refractivity contribution in [2.75, 3.05) is 10.0 Å². The fourth-order valence-corrected chi connectivity index (χ4v) is 5.59. The molecule has 0 saturated heterocycles. The van der Waals surface area contributed by atoms with Gasteiger partial charge in [0.1, 0.15) is 6.07 Å². The Morgan fingerprint density at radius 2 is 1.29 bits per heavy atom. The molecule has 7 heteroatoms. The number of hydrogen-bond donors (Lipinski definition) is 2. The number of carbonyl (C=O) groups excluding carboxylic acids is 1. The Kier molecular flexibility index (Phi) is 15.2. The number of hydrogen-bond acceptors (Lipinski definition) is 4. The molecule has 0 saturated carbocycles. The Bertz CT molecular complexity index is 1100. The zero-order valence-corrected chi connectivity index (χ0v) is 23.8. The summed E-state index contributed by atoms with van der Waals surface area (Å²) in [6, 6.07) is 14.6. The highest BCUT2D eigenvalue weighted by atomic mass is 32.2. The topological polar surface area (TPSA) is 99.1 Å². The van der Waals surface area contributed by atoms with Crippen molar-refractivity contribution in [2.45, 2.75) is 115 Å². The van der Waals surface area contributed by atoms with Crippen LogP contribution in [0, 0.1) is 11.3 Å². The molecule has 0 heterocycles. The molecule has 6 nitrogen and oxygen atoms in total. The molecule has 0 atom stereocenters. The lowest BCUT2D eigenvalue weighted by Crippen LogP contribution is -2.14. The summed E-state index contributed by atoms with van der Waals surface area (Å²) < 4.78 is 27.6. The fourth-order valence-electron chi connectivity index (χ4n) is 4.49. The molecule has 38 heavy (non-hydrogen) atoms.